The minimum absolute atomic E-state index is 0.635. The van der Waals surface area contributed by atoms with Gasteiger partial charge in [0, 0.05) is 26.2 Å². The van der Waals surface area contributed by atoms with Crippen molar-refractivity contribution in [2.24, 2.45) is 0 Å². The Morgan fingerprint density at radius 3 is 2.59 bits per heavy atom. The number of hydrogen-bond donors (Lipinski definition) is 2. The summed E-state index contributed by atoms with van der Waals surface area (Å²) in [7, 11) is 0. The summed E-state index contributed by atoms with van der Waals surface area (Å²) in [6.45, 7) is 0. The second-order valence-corrected chi connectivity index (χ2v) is 6.89. The molecule has 1 saturated carbocycles. The number of hydrogen-bond acceptors (Lipinski definition) is 3. The summed E-state index contributed by atoms with van der Waals surface area (Å²) in [5, 5.41) is 4.52. The molecule has 2 nitrogen and oxygen atoms in total. The standard InChI is InChI=1S/C13H19IN2S/c1-17-11-5-3-10(4-6-11)16-13-7-2-9(15)8-12(13)14/h2,7-8,10-11,16H,3-6,15H2,1H3. The Morgan fingerprint density at radius 2 is 2.00 bits per heavy atom. The summed E-state index contributed by atoms with van der Waals surface area (Å²) < 4.78 is 1.22. The maximum atomic E-state index is 5.76. The molecule has 3 N–H and O–H groups in total. The summed E-state index contributed by atoms with van der Waals surface area (Å²) in [5.74, 6) is 0. The van der Waals surface area contributed by atoms with Crippen LogP contribution in [0.3, 0.4) is 0 Å². The van der Waals surface area contributed by atoms with Crippen LogP contribution >= 0.6 is 34.4 Å². The molecule has 0 spiro atoms. The van der Waals surface area contributed by atoms with E-state index in [1.165, 1.54) is 34.9 Å². The van der Waals surface area contributed by atoms with Crippen LogP contribution in [0.15, 0.2) is 18.2 Å². The Morgan fingerprint density at radius 1 is 1.29 bits per heavy atom. The molecule has 0 heterocycles. The summed E-state index contributed by atoms with van der Waals surface area (Å²) in [6, 6.07) is 6.72. The van der Waals surface area contributed by atoms with E-state index in [9.17, 15) is 0 Å². The smallest absolute Gasteiger partial charge is 0.0479 e. The van der Waals surface area contributed by atoms with Gasteiger partial charge in [-0.1, -0.05) is 0 Å². The van der Waals surface area contributed by atoms with Gasteiger partial charge < -0.3 is 11.1 Å². The van der Waals surface area contributed by atoms with Crippen LogP contribution in [-0.2, 0) is 0 Å². The largest absolute Gasteiger partial charge is 0.399 e. The lowest BCUT2D eigenvalue weighted by molar-refractivity contribution is 0.473. The summed E-state index contributed by atoms with van der Waals surface area (Å²) in [5.41, 5.74) is 7.83. The van der Waals surface area contributed by atoms with E-state index >= 15 is 0 Å². The highest BCUT2D eigenvalue weighted by Crippen LogP contribution is 2.30. The van der Waals surface area contributed by atoms with Crippen LogP contribution < -0.4 is 11.1 Å². The van der Waals surface area contributed by atoms with Crippen molar-refractivity contribution in [1.82, 2.24) is 0 Å². The van der Waals surface area contributed by atoms with Gasteiger partial charge in [0.1, 0.15) is 0 Å². The fraction of sp³-hybridized carbons (Fsp3) is 0.538. The van der Waals surface area contributed by atoms with Crippen molar-refractivity contribution in [3.05, 3.63) is 21.8 Å². The average Bonchev–Trinajstić information content (AvgIpc) is 2.34. The quantitative estimate of drug-likeness (QED) is 0.632. The summed E-state index contributed by atoms with van der Waals surface area (Å²) in [4.78, 5) is 0. The molecule has 0 amide bonds. The molecule has 0 atom stereocenters. The number of rotatable bonds is 3. The minimum atomic E-state index is 0.635. The van der Waals surface area contributed by atoms with Gasteiger partial charge in [0.2, 0.25) is 0 Å². The van der Waals surface area contributed by atoms with E-state index in [1.54, 1.807) is 0 Å². The molecule has 4 heteroatoms. The van der Waals surface area contributed by atoms with Gasteiger partial charge in [-0.25, -0.2) is 0 Å². The molecule has 0 bridgehead atoms. The van der Waals surface area contributed by atoms with Gasteiger partial charge in [-0.3, -0.25) is 0 Å². The van der Waals surface area contributed by atoms with Gasteiger partial charge in [0.25, 0.3) is 0 Å². The van der Waals surface area contributed by atoms with E-state index in [2.05, 4.69) is 40.2 Å². The zero-order valence-corrected chi connectivity index (χ0v) is 13.1. The van der Waals surface area contributed by atoms with Crippen LogP contribution in [0.25, 0.3) is 0 Å². The monoisotopic (exact) mass is 362 g/mol. The van der Waals surface area contributed by atoms with Crippen molar-refractivity contribution in [2.45, 2.75) is 37.0 Å². The molecule has 1 aromatic rings. The third-order valence-corrected chi connectivity index (χ3v) is 5.39. The fourth-order valence-electron chi connectivity index (χ4n) is 2.31. The first-order chi connectivity index (χ1) is 8.19. The molecule has 1 aliphatic rings. The average molecular weight is 362 g/mol. The van der Waals surface area contributed by atoms with E-state index in [1.807, 2.05) is 23.9 Å². The van der Waals surface area contributed by atoms with Gasteiger partial charge in [0.05, 0.1) is 0 Å². The molecule has 0 radical (unpaired) electrons. The summed E-state index contributed by atoms with van der Waals surface area (Å²) in [6.07, 6.45) is 7.47. The van der Waals surface area contributed by atoms with E-state index in [0.717, 1.165) is 10.9 Å². The first-order valence-corrected chi connectivity index (χ1v) is 8.40. The lowest BCUT2D eigenvalue weighted by Crippen LogP contribution is -2.27. The third kappa shape index (κ3) is 3.68. The molecule has 94 valence electrons. The van der Waals surface area contributed by atoms with Gasteiger partial charge in [-0.05, 0) is 72.7 Å². The van der Waals surface area contributed by atoms with Crippen LogP contribution in [-0.4, -0.2) is 17.5 Å². The zero-order chi connectivity index (χ0) is 12.3. The van der Waals surface area contributed by atoms with Crippen molar-refractivity contribution in [1.29, 1.82) is 0 Å². The zero-order valence-electron chi connectivity index (χ0n) is 10.1. The lowest BCUT2D eigenvalue weighted by atomic mass is 9.95. The number of nitrogens with one attached hydrogen (secondary N) is 1. The lowest BCUT2D eigenvalue weighted by Gasteiger charge is -2.29. The molecule has 0 aliphatic heterocycles. The van der Waals surface area contributed by atoms with Crippen LogP contribution in [0.4, 0.5) is 11.4 Å². The highest BCUT2D eigenvalue weighted by atomic mass is 127. The van der Waals surface area contributed by atoms with Crippen molar-refractivity contribution in [2.75, 3.05) is 17.3 Å². The van der Waals surface area contributed by atoms with Crippen LogP contribution in [0, 0.1) is 3.57 Å². The Balaban J connectivity index is 1.93. The maximum Gasteiger partial charge on any atom is 0.0479 e. The predicted molar refractivity (Wildman–Crippen MR) is 86.8 cm³/mol. The fourth-order valence-corrected chi connectivity index (χ4v) is 3.75. The van der Waals surface area contributed by atoms with Gasteiger partial charge in [0.15, 0.2) is 0 Å². The molecule has 1 aromatic carbocycles. The molecule has 17 heavy (non-hydrogen) atoms. The molecule has 1 fully saturated rings. The number of nitrogens with two attached hydrogens (primary N) is 1. The predicted octanol–water partition coefficient (Wildman–Crippen LogP) is 3.96. The van der Waals surface area contributed by atoms with E-state index in [-0.39, 0.29) is 0 Å². The van der Waals surface area contributed by atoms with Crippen molar-refractivity contribution >= 4 is 45.7 Å². The van der Waals surface area contributed by atoms with Crippen molar-refractivity contribution in [3.63, 3.8) is 0 Å². The van der Waals surface area contributed by atoms with Gasteiger partial charge >= 0.3 is 0 Å². The Bertz CT molecular complexity index is 376. The van der Waals surface area contributed by atoms with Crippen molar-refractivity contribution < 1.29 is 0 Å². The second-order valence-electron chi connectivity index (χ2n) is 4.59. The van der Waals surface area contributed by atoms with Crippen molar-refractivity contribution in [3.8, 4) is 0 Å². The second kappa shape index (κ2) is 6.18. The summed E-state index contributed by atoms with van der Waals surface area (Å²) >= 11 is 4.36. The highest BCUT2D eigenvalue weighted by Gasteiger charge is 2.20. The number of halogens is 1. The molecule has 2 rings (SSSR count). The number of thioether (sulfide) groups is 1. The highest BCUT2D eigenvalue weighted by molar-refractivity contribution is 14.1. The number of benzene rings is 1. The van der Waals surface area contributed by atoms with Gasteiger partial charge in [-0.2, -0.15) is 11.8 Å². The number of nitrogen functional groups attached to an aromatic ring is 1. The van der Waals surface area contributed by atoms with Crippen LogP contribution in [0.1, 0.15) is 25.7 Å². The van der Waals surface area contributed by atoms with Gasteiger partial charge in [-0.15, -0.1) is 0 Å². The topological polar surface area (TPSA) is 38.0 Å². The Hall–Kier alpha value is -0.100. The number of anilines is 2. The normalized spacial score (nSPS) is 24.6. The minimum Gasteiger partial charge on any atom is -0.399 e. The molecule has 1 aliphatic carbocycles. The third-order valence-electron chi connectivity index (χ3n) is 3.36. The maximum absolute atomic E-state index is 5.76. The van der Waals surface area contributed by atoms with Crippen LogP contribution in [0.2, 0.25) is 0 Å². The Labute approximate surface area is 121 Å². The van der Waals surface area contributed by atoms with E-state index < -0.39 is 0 Å². The first kappa shape index (κ1) is 13.3. The molecular weight excluding hydrogens is 343 g/mol. The molecule has 0 saturated heterocycles. The SMILES string of the molecule is CSC1CCC(Nc2ccc(N)cc2I)CC1. The molecular formula is C13H19IN2S. The van der Waals surface area contributed by atoms with E-state index in [4.69, 9.17) is 5.73 Å². The molecule has 0 aromatic heterocycles. The first-order valence-electron chi connectivity index (χ1n) is 6.03. The molecule has 0 unspecified atom stereocenters. The van der Waals surface area contributed by atoms with E-state index in [0.29, 0.717) is 6.04 Å². The van der Waals surface area contributed by atoms with Crippen LogP contribution in [0.5, 0.6) is 0 Å². The Kier molecular flexibility index (Phi) is 4.85.